The molecule has 3 amide bonds. The Labute approximate surface area is 224 Å². The standard InChI is InChI=1S/C29H40FN3O5/c1-19(2)14-25(27(35)31-23(17-30)16-21-10-12-24(34)13-11-21)32-28(36)26(15-20(3)4)33-29(37)38-18-22-8-6-5-7-9-22/h5-13,19-20,23,25-26,34H,14-18H2,1-4H3,(H,31,35)(H,32,36)(H,33,37)/t23-,25-,26-/m0/s1. The minimum absolute atomic E-state index is 0.0622. The maximum Gasteiger partial charge on any atom is 0.408 e. The topological polar surface area (TPSA) is 117 Å². The Hall–Kier alpha value is -3.62. The number of nitrogens with one attached hydrogen (secondary N) is 3. The Morgan fingerprint density at radius 2 is 1.34 bits per heavy atom. The van der Waals surface area contributed by atoms with Crippen LogP contribution in [0.3, 0.4) is 0 Å². The molecular weight excluding hydrogens is 489 g/mol. The van der Waals surface area contributed by atoms with Crippen LogP contribution in [0.25, 0.3) is 0 Å². The lowest BCUT2D eigenvalue weighted by Gasteiger charge is -2.26. The lowest BCUT2D eigenvalue weighted by molar-refractivity contribution is -0.131. The van der Waals surface area contributed by atoms with Crippen molar-refractivity contribution >= 4 is 17.9 Å². The van der Waals surface area contributed by atoms with E-state index in [2.05, 4.69) is 16.0 Å². The zero-order valence-corrected chi connectivity index (χ0v) is 22.6. The van der Waals surface area contributed by atoms with Crippen LogP contribution in [0.15, 0.2) is 54.6 Å². The van der Waals surface area contributed by atoms with E-state index in [1.165, 1.54) is 12.1 Å². The van der Waals surface area contributed by atoms with Crippen molar-refractivity contribution in [1.82, 2.24) is 16.0 Å². The Kier molecular flexibility index (Phi) is 12.6. The molecule has 0 saturated heterocycles. The van der Waals surface area contributed by atoms with Crippen LogP contribution in [0.5, 0.6) is 5.75 Å². The number of phenols is 1. The van der Waals surface area contributed by atoms with Gasteiger partial charge in [-0.15, -0.1) is 0 Å². The molecule has 0 spiro atoms. The molecule has 0 aromatic heterocycles. The summed E-state index contributed by atoms with van der Waals surface area (Å²) in [4.78, 5) is 38.8. The van der Waals surface area contributed by atoms with Gasteiger partial charge in [-0.1, -0.05) is 70.2 Å². The van der Waals surface area contributed by atoms with Crippen LogP contribution in [-0.2, 0) is 27.4 Å². The number of alkyl carbamates (subject to hydrolysis) is 1. The highest BCUT2D eigenvalue weighted by Crippen LogP contribution is 2.13. The number of phenolic OH excluding ortho intramolecular Hbond substituents is 1. The number of alkyl halides is 1. The number of aromatic hydroxyl groups is 1. The molecule has 38 heavy (non-hydrogen) atoms. The second kappa shape index (κ2) is 15.6. The smallest absolute Gasteiger partial charge is 0.408 e. The summed E-state index contributed by atoms with van der Waals surface area (Å²) in [6, 6.07) is 12.9. The van der Waals surface area contributed by atoms with E-state index >= 15 is 0 Å². The first-order chi connectivity index (χ1) is 18.1. The highest BCUT2D eigenvalue weighted by Gasteiger charge is 2.29. The fourth-order valence-corrected chi connectivity index (χ4v) is 3.95. The molecule has 0 aliphatic heterocycles. The minimum Gasteiger partial charge on any atom is -0.508 e. The summed E-state index contributed by atoms with van der Waals surface area (Å²) in [6.45, 7) is 6.95. The number of amides is 3. The first-order valence-electron chi connectivity index (χ1n) is 13.0. The number of carbonyl (C=O) groups excluding carboxylic acids is 3. The van der Waals surface area contributed by atoms with Crippen molar-refractivity contribution in [2.24, 2.45) is 11.8 Å². The van der Waals surface area contributed by atoms with Gasteiger partial charge in [0.05, 0.1) is 6.04 Å². The predicted molar refractivity (Wildman–Crippen MR) is 144 cm³/mol. The van der Waals surface area contributed by atoms with Crippen LogP contribution in [0.4, 0.5) is 9.18 Å². The SMILES string of the molecule is CC(C)C[C@H](NC(=O)OCc1ccccc1)C(=O)N[C@@H](CC(C)C)C(=O)N[C@H](CF)Cc1ccc(O)cc1. The summed E-state index contributed by atoms with van der Waals surface area (Å²) in [5.74, 6) is -0.754. The maximum atomic E-state index is 13.8. The van der Waals surface area contributed by atoms with Gasteiger partial charge < -0.3 is 25.8 Å². The number of carbonyl (C=O) groups is 3. The van der Waals surface area contributed by atoms with Crippen molar-refractivity contribution in [1.29, 1.82) is 0 Å². The lowest BCUT2D eigenvalue weighted by atomic mass is 9.99. The maximum absolute atomic E-state index is 13.8. The third kappa shape index (κ3) is 11.2. The number of ether oxygens (including phenoxy) is 1. The van der Waals surface area contributed by atoms with E-state index < -0.39 is 42.7 Å². The summed E-state index contributed by atoms with van der Waals surface area (Å²) in [5, 5.41) is 17.5. The van der Waals surface area contributed by atoms with Crippen LogP contribution in [0, 0.1) is 11.8 Å². The third-order valence-electron chi connectivity index (χ3n) is 5.82. The van der Waals surface area contributed by atoms with Gasteiger partial charge in [-0.25, -0.2) is 9.18 Å². The minimum atomic E-state index is -0.909. The van der Waals surface area contributed by atoms with E-state index in [4.69, 9.17) is 4.74 Å². The van der Waals surface area contributed by atoms with E-state index in [9.17, 15) is 23.9 Å². The molecule has 2 aromatic rings. The van der Waals surface area contributed by atoms with Gasteiger partial charge in [0.1, 0.15) is 31.1 Å². The molecule has 0 heterocycles. The van der Waals surface area contributed by atoms with E-state index in [1.54, 1.807) is 12.1 Å². The van der Waals surface area contributed by atoms with Gasteiger partial charge in [-0.3, -0.25) is 9.59 Å². The number of rotatable bonds is 14. The summed E-state index contributed by atoms with van der Waals surface area (Å²) < 4.78 is 19.0. The average Bonchev–Trinajstić information content (AvgIpc) is 2.87. The van der Waals surface area contributed by atoms with Gasteiger partial charge in [0, 0.05) is 0 Å². The van der Waals surface area contributed by atoms with E-state index in [0.29, 0.717) is 12.8 Å². The quantitative estimate of drug-likeness (QED) is 0.292. The zero-order chi connectivity index (χ0) is 28.1. The van der Waals surface area contributed by atoms with Crippen molar-refractivity contribution < 1.29 is 28.6 Å². The van der Waals surface area contributed by atoms with Crippen LogP contribution in [-0.4, -0.2) is 47.8 Å². The number of hydrogen-bond acceptors (Lipinski definition) is 5. The molecule has 0 saturated carbocycles. The van der Waals surface area contributed by atoms with Crippen molar-refractivity contribution in [2.45, 2.75) is 71.7 Å². The Morgan fingerprint density at radius 1 is 0.789 bits per heavy atom. The van der Waals surface area contributed by atoms with Gasteiger partial charge >= 0.3 is 6.09 Å². The van der Waals surface area contributed by atoms with Gasteiger partial charge in [-0.05, 0) is 54.4 Å². The Bertz CT molecular complexity index is 1010. The van der Waals surface area contributed by atoms with Crippen LogP contribution in [0.2, 0.25) is 0 Å². The van der Waals surface area contributed by atoms with E-state index in [-0.39, 0.29) is 30.6 Å². The zero-order valence-electron chi connectivity index (χ0n) is 22.6. The predicted octanol–water partition coefficient (Wildman–Crippen LogP) is 4.26. The second-order valence-electron chi connectivity index (χ2n) is 10.3. The van der Waals surface area contributed by atoms with Crippen molar-refractivity contribution in [2.75, 3.05) is 6.67 Å². The largest absolute Gasteiger partial charge is 0.508 e. The van der Waals surface area contributed by atoms with Crippen LogP contribution < -0.4 is 16.0 Å². The highest BCUT2D eigenvalue weighted by molar-refractivity contribution is 5.91. The molecule has 0 aliphatic rings. The Balaban J connectivity index is 2.04. The molecular formula is C29H40FN3O5. The Morgan fingerprint density at radius 3 is 1.89 bits per heavy atom. The molecule has 2 rings (SSSR count). The van der Waals surface area contributed by atoms with Crippen molar-refractivity contribution in [3.63, 3.8) is 0 Å². The molecule has 0 fully saturated rings. The number of benzene rings is 2. The van der Waals surface area contributed by atoms with Crippen molar-refractivity contribution in [3.05, 3.63) is 65.7 Å². The number of halogens is 1. The fourth-order valence-electron chi connectivity index (χ4n) is 3.95. The normalized spacial score (nSPS) is 13.4. The van der Waals surface area contributed by atoms with Gasteiger partial charge in [0.25, 0.3) is 0 Å². The monoisotopic (exact) mass is 529 g/mol. The summed E-state index contributed by atoms with van der Waals surface area (Å²) in [5.41, 5.74) is 1.57. The van der Waals surface area contributed by atoms with Gasteiger partial charge in [-0.2, -0.15) is 0 Å². The van der Waals surface area contributed by atoms with Gasteiger partial charge in [0.15, 0.2) is 0 Å². The highest BCUT2D eigenvalue weighted by atomic mass is 19.1. The average molecular weight is 530 g/mol. The first kappa shape index (κ1) is 30.6. The molecule has 0 unspecified atom stereocenters. The fraction of sp³-hybridized carbons (Fsp3) is 0.483. The van der Waals surface area contributed by atoms with Gasteiger partial charge in [0.2, 0.25) is 11.8 Å². The summed E-state index contributed by atoms with van der Waals surface area (Å²) in [6.07, 6.45) is 0.181. The first-order valence-corrected chi connectivity index (χ1v) is 13.0. The van der Waals surface area contributed by atoms with E-state index in [1.807, 2.05) is 58.0 Å². The molecule has 0 bridgehead atoms. The molecule has 0 aliphatic carbocycles. The molecule has 208 valence electrons. The van der Waals surface area contributed by atoms with E-state index in [0.717, 1.165) is 11.1 Å². The second-order valence-corrected chi connectivity index (χ2v) is 10.3. The van der Waals surface area contributed by atoms with Crippen LogP contribution >= 0.6 is 0 Å². The summed E-state index contributed by atoms with van der Waals surface area (Å²) >= 11 is 0. The molecule has 9 heteroatoms. The molecule has 8 nitrogen and oxygen atoms in total. The van der Waals surface area contributed by atoms with Crippen molar-refractivity contribution in [3.8, 4) is 5.75 Å². The lowest BCUT2D eigenvalue weighted by Crippen LogP contribution is -2.56. The molecule has 3 atom stereocenters. The van der Waals surface area contributed by atoms with Crippen LogP contribution in [0.1, 0.15) is 51.7 Å². The third-order valence-corrected chi connectivity index (χ3v) is 5.82. The molecule has 0 radical (unpaired) electrons. The number of hydrogen-bond donors (Lipinski definition) is 4. The summed E-state index contributed by atoms with van der Waals surface area (Å²) in [7, 11) is 0. The molecule has 2 aromatic carbocycles. The molecule has 4 N–H and O–H groups in total.